The Labute approximate surface area is 161 Å². The van der Waals surface area contributed by atoms with Gasteiger partial charge in [0.2, 0.25) is 5.91 Å². The average molecular weight is 387 g/mol. The van der Waals surface area contributed by atoms with E-state index in [-0.39, 0.29) is 16.2 Å². The Kier molecular flexibility index (Phi) is 5.04. The van der Waals surface area contributed by atoms with Gasteiger partial charge in [0.15, 0.2) is 0 Å². The third-order valence-electron chi connectivity index (χ3n) is 4.84. The number of amides is 1. The smallest absolute Gasteiger partial charge is 0.261 e. The summed E-state index contributed by atoms with van der Waals surface area (Å²) in [5.41, 5.74) is 3.25. The molecule has 0 saturated carbocycles. The Hall–Kier alpha value is -2.34. The summed E-state index contributed by atoms with van der Waals surface area (Å²) in [6.45, 7) is 8.86. The van der Waals surface area contributed by atoms with Crippen molar-refractivity contribution >= 4 is 27.3 Å². The van der Waals surface area contributed by atoms with Gasteiger partial charge in [-0.1, -0.05) is 32.9 Å². The number of aryl methyl sites for hydroxylation is 1. The minimum Gasteiger partial charge on any atom is -0.312 e. The normalized spacial score (nSPS) is 15.3. The van der Waals surface area contributed by atoms with Crippen LogP contribution in [0.3, 0.4) is 0 Å². The minimum absolute atomic E-state index is 0.0321. The second kappa shape index (κ2) is 7.00. The van der Waals surface area contributed by atoms with Gasteiger partial charge in [-0.05, 0) is 60.2 Å². The largest absolute Gasteiger partial charge is 0.312 e. The Morgan fingerprint density at radius 2 is 1.70 bits per heavy atom. The number of rotatable bonds is 4. The number of hydrogen-bond donors (Lipinski definition) is 1. The van der Waals surface area contributed by atoms with Gasteiger partial charge in [0.05, 0.1) is 4.90 Å². The summed E-state index contributed by atoms with van der Waals surface area (Å²) < 4.78 is 28.0. The van der Waals surface area contributed by atoms with Crippen LogP contribution in [-0.4, -0.2) is 20.9 Å². The number of nitrogens with zero attached hydrogens (tertiary/aromatic N) is 1. The molecule has 1 amide bonds. The molecule has 6 heteroatoms. The van der Waals surface area contributed by atoms with Crippen molar-refractivity contribution in [3.8, 4) is 0 Å². The van der Waals surface area contributed by atoms with Gasteiger partial charge in [-0.15, -0.1) is 0 Å². The zero-order chi connectivity index (χ0) is 19.8. The van der Waals surface area contributed by atoms with Crippen LogP contribution < -0.4 is 9.62 Å². The van der Waals surface area contributed by atoms with Crippen LogP contribution in [0.4, 0.5) is 11.4 Å². The van der Waals surface area contributed by atoms with Crippen molar-refractivity contribution in [2.24, 2.45) is 0 Å². The number of benzene rings is 2. The molecule has 5 nitrogen and oxygen atoms in total. The van der Waals surface area contributed by atoms with Gasteiger partial charge in [0, 0.05) is 24.3 Å². The number of hydrogen-bond acceptors (Lipinski definition) is 3. The minimum atomic E-state index is -3.67. The van der Waals surface area contributed by atoms with E-state index in [9.17, 15) is 13.2 Å². The predicted octanol–water partition coefficient (Wildman–Crippen LogP) is 4.22. The van der Waals surface area contributed by atoms with Crippen LogP contribution in [0.5, 0.6) is 0 Å². The lowest BCUT2D eigenvalue weighted by Gasteiger charge is -2.20. The molecule has 0 aliphatic carbocycles. The summed E-state index contributed by atoms with van der Waals surface area (Å²) in [5.74, 6) is 0.116. The van der Waals surface area contributed by atoms with E-state index in [0.29, 0.717) is 18.7 Å². The van der Waals surface area contributed by atoms with Gasteiger partial charge in [0.25, 0.3) is 10.0 Å². The van der Waals surface area contributed by atoms with E-state index in [0.717, 1.165) is 23.2 Å². The maximum absolute atomic E-state index is 12.7. The quantitative estimate of drug-likeness (QED) is 0.855. The number of anilines is 2. The summed E-state index contributed by atoms with van der Waals surface area (Å²) in [4.78, 5) is 13.9. The third kappa shape index (κ3) is 4.16. The summed E-state index contributed by atoms with van der Waals surface area (Å²) in [5, 5.41) is 0. The SMILES string of the molecule is Cc1cc(NS(=O)(=O)c2ccc(C(C)(C)C)cc2)ccc1N1CCCC1=O. The van der Waals surface area contributed by atoms with E-state index in [1.54, 1.807) is 35.2 Å². The number of carbonyl (C=O) groups is 1. The molecule has 0 unspecified atom stereocenters. The fraction of sp³-hybridized carbons (Fsp3) is 0.381. The fourth-order valence-corrected chi connectivity index (χ4v) is 4.32. The molecule has 1 aliphatic rings. The predicted molar refractivity (Wildman–Crippen MR) is 109 cm³/mol. The number of carbonyl (C=O) groups excluding carboxylic acids is 1. The van der Waals surface area contributed by atoms with Crippen molar-refractivity contribution in [1.29, 1.82) is 0 Å². The molecule has 1 saturated heterocycles. The zero-order valence-corrected chi connectivity index (χ0v) is 17.1. The van der Waals surface area contributed by atoms with Gasteiger partial charge in [-0.3, -0.25) is 9.52 Å². The third-order valence-corrected chi connectivity index (χ3v) is 6.24. The highest BCUT2D eigenvalue weighted by atomic mass is 32.2. The maximum atomic E-state index is 12.7. The molecule has 0 atom stereocenters. The van der Waals surface area contributed by atoms with Crippen molar-refractivity contribution in [3.63, 3.8) is 0 Å². The molecule has 1 fully saturated rings. The van der Waals surface area contributed by atoms with Gasteiger partial charge < -0.3 is 4.90 Å². The van der Waals surface area contributed by atoms with Crippen LogP contribution >= 0.6 is 0 Å². The summed E-state index contributed by atoms with van der Waals surface area (Å²) in [7, 11) is -3.67. The van der Waals surface area contributed by atoms with Crippen molar-refractivity contribution in [2.45, 2.75) is 50.8 Å². The van der Waals surface area contributed by atoms with Crippen LogP contribution in [0.1, 0.15) is 44.7 Å². The molecular formula is C21H26N2O3S. The highest BCUT2D eigenvalue weighted by molar-refractivity contribution is 7.92. The Morgan fingerprint density at radius 1 is 1.04 bits per heavy atom. The first-order valence-corrected chi connectivity index (χ1v) is 10.6. The lowest BCUT2D eigenvalue weighted by Crippen LogP contribution is -2.24. The van der Waals surface area contributed by atoms with E-state index in [4.69, 9.17) is 0 Å². The molecule has 0 radical (unpaired) electrons. The topological polar surface area (TPSA) is 66.5 Å². The Bertz CT molecular complexity index is 958. The second-order valence-electron chi connectivity index (χ2n) is 8.03. The summed E-state index contributed by atoms with van der Waals surface area (Å²) >= 11 is 0. The van der Waals surface area contributed by atoms with Gasteiger partial charge >= 0.3 is 0 Å². The van der Waals surface area contributed by atoms with Crippen molar-refractivity contribution in [2.75, 3.05) is 16.2 Å². The van der Waals surface area contributed by atoms with Crippen LogP contribution in [0.2, 0.25) is 0 Å². The first-order valence-electron chi connectivity index (χ1n) is 9.12. The second-order valence-corrected chi connectivity index (χ2v) is 9.71. The molecule has 1 N–H and O–H groups in total. The molecule has 2 aromatic carbocycles. The van der Waals surface area contributed by atoms with E-state index >= 15 is 0 Å². The van der Waals surface area contributed by atoms with E-state index in [2.05, 4.69) is 25.5 Å². The maximum Gasteiger partial charge on any atom is 0.261 e. The van der Waals surface area contributed by atoms with E-state index < -0.39 is 10.0 Å². The number of nitrogens with one attached hydrogen (secondary N) is 1. The molecule has 0 aromatic heterocycles. The monoisotopic (exact) mass is 386 g/mol. The number of sulfonamides is 1. The Balaban J connectivity index is 1.81. The van der Waals surface area contributed by atoms with Crippen LogP contribution in [0, 0.1) is 6.92 Å². The lowest BCUT2D eigenvalue weighted by molar-refractivity contribution is -0.117. The highest BCUT2D eigenvalue weighted by Crippen LogP contribution is 2.29. The lowest BCUT2D eigenvalue weighted by atomic mass is 9.87. The van der Waals surface area contributed by atoms with Gasteiger partial charge in [0.1, 0.15) is 0 Å². The first kappa shape index (κ1) is 19.4. The van der Waals surface area contributed by atoms with Crippen molar-refractivity contribution in [1.82, 2.24) is 0 Å². The standard InChI is InChI=1S/C21H26N2O3S/c1-15-14-17(9-12-19(15)23-13-5-6-20(23)24)22-27(25,26)18-10-7-16(8-11-18)21(2,3)4/h7-12,14,22H,5-6,13H2,1-4H3. The van der Waals surface area contributed by atoms with Crippen molar-refractivity contribution in [3.05, 3.63) is 53.6 Å². The van der Waals surface area contributed by atoms with Gasteiger partial charge in [-0.25, -0.2) is 8.42 Å². The van der Waals surface area contributed by atoms with E-state index in [1.807, 2.05) is 19.1 Å². The summed E-state index contributed by atoms with van der Waals surface area (Å²) in [6, 6.07) is 12.2. The molecule has 144 valence electrons. The van der Waals surface area contributed by atoms with Gasteiger partial charge in [-0.2, -0.15) is 0 Å². The molecular weight excluding hydrogens is 360 g/mol. The molecule has 0 spiro atoms. The Morgan fingerprint density at radius 3 is 2.22 bits per heavy atom. The molecule has 1 aliphatic heterocycles. The highest BCUT2D eigenvalue weighted by Gasteiger charge is 2.23. The molecule has 27 heavy (non-hydrogen) atoms. The molecule has 2 aromatic rings. The van der Waals surface area contributed by atoms with Crippen molar-refractivity contribution < 1.29 is 13.2 Å². The molecule has 3 rings (SSSR count). The van der Waals surface area contributed by atoms with Crippen LogP contribution in [0.25, 0.3) is 0 Å². The molecule has 1 heterocycles. The molecule has 0 bridgehead atoms. The average Bonchev–Trinajstić information content (AvgIpc) is 3.00. The van der Waals surface area contributed by atoms with E-state index in [1.165, 1.54) is 0 Å². The van der Waals surface area contributed by atoms with Crippen LogP contribution in [-0.2, 0) is 20.2 Å². The fourth-order valence-electron chi connectivity index (χ4n) is 3.27. The summed E-state index contributed by atoms with van der Waals surface area (Å²) in [6.07, 6.45) is 1.43. The van der Waals surface area contributed by atoms with Crippen LogP contribution in [0.15, 0.2) is 47.4 Å². The zero-order valence-electron chi connectivity index (χ0n) is 16.2. The first-order chi connectivity index (χ1) is 12.6.